The summed E-state index contributed by atoms with van der Waals surface area (Å²) in [6, 6.07) is 13.0. The minimum absolute atomic E-state index is 0.0218. The Morgan fingerprint density at radius 2 is 1.73 bits per heavy atom. The van der Waals surface area contributed by atoms with Crippen LogP contribution in [0.5, 0.6) is 5.75 Å². The number of carbonyl (C=O) groups excluding carboxylic acids is 2. The molecule has 0 N–H and O–H groups in total. The molecule has 1 saturated heterocycles. The van der Waals surface area contributed by atoms with Crippen molar-refractivity contribution in [3.05, 3.63) is 59.2 Å². The summed E-state index contributed by atoms with van der Waals surface area (Å²) in [6.45, 7) is 2.04. The first-order valence-electron chi connectivity index (χ1n) is 9.06. The topological polar surface area (TPSA) is 49.9 Å². The molecular weight excluding hydrogens is 328 g/mol. The number of rotatable bonds is 3. The van der Waals surface area contributed by atoms with Crippen LogP contribution >= 0.6 is 0 Å². The van der Waals surface area contributed by atoms with E-state index in [0.717, 1.165) is 42.9 Å². The average molecular weight is 350 g/mol. The molecule has 2 amide bonds. The van der Waals surface area contributed by atoms with Gasteiger partial charge in [-0.15, -0.1) is 0 Å². The fourth-order valence-electron chi connectivity index (χ4n) is 3.78. The van der Waals surface area contributed by atoms with E-state index in [1.165, 1.54) is 6.42 Å². The summed E-state index contributed by atoms with van der Waals surface area (Å²) >= 11 is 0. The predicted octanol–water partition coefficient (Wildman–Crippen LogP) is 3.48. The zero-order valence-corrected chi connectivity index (χ0v) is 14.9. The number of methoxy groups -OCH3 is 1. The summed E-state index contributed by atoms with van der Waals surface area (Å²) in [7, 11) is 1.62. The molecule has 0 bridgehead atoms. The van der Waals surface area contributed by atoms with E-state index in [4.69, 9.17) is 4.74 Å². The van der Waals surface area contributed by atoms with Crippen molar-refractivity contribution in [1.29, 1.82) is 0 Å². The van der Waals surface area contributed by atoms with Gasteiger partial charge < -0.3 is 14.5 Å². The lowest BCUT2D eigenvalue weighted by atomic mass is 10.0. The number of benzene rings is 2. The van der Waals surface area contributed by atoms with Crippen LogP contribution in [0.1, 0.15) is 45.5 Å². The molecule has 26 heavy (non-hydrogen) atoms. The Hall–Kier alpha value is -2.82. The van der Waals surface area contributed by atoms with Crippen LogP contribution in [0.15, 0.2) is 42.5 Å². The van der Waals surface area contributed by atoms with Crippen molar-refractivity contribution < 1.29 is 14.3 Å². The van der Waals surface area contributed by atoms with Gasteiger partial charge in [0.2, 0.25) is 0 Å². The summed E-state index contributed by atoms with van der Waals surface area (Å²) in [5.74, 6) is 0.622. The maximum absolute atomic E-state index is 13.1. The monoisotopic (exact) mass is 350 g/mol. The second kappa shape index (κ2) is 6.83. The Kier molecular flexibility index (Phi) is 4.37. The molecule has 1 fully saturated rings. The van der Waals surface area contributed by atoms with E-state index in [1.54, 1.807) is 18.1 Å². The second-order valence-corrected chi connectivity index (χ2v) is 6.78. The molecule has 4 rings (SSSR count). The first-order chi connectivity index (χ1) is 12.7. The number of amides is 2. The smallest absolute Gasteiger partial charge is 0.259 e. The van der Waals surface area contributed by atoms with E-state index in [0.29, 0.717) is 17.7 Å². The van der Waals surface area contributed by atoms with Crippen LogP contribution in [0, 0.1) is 0 Å². The number of piperidine rings is 1. The van der Waals surface area contributed by atoms with Crippen molar-refractivity contribution in [1.82, 2.24) is 4.90 Å². The van der Waals surface area contributed by atoms with Crippen LogP contribution < -0.4 is 9.64 Å². The molecule has 2 aliphatic rings. The van der Waals surface area contributed by atoms with E-state index < -0.39 is 0 Å². The minimum Gasteiger partial charge on any atom is -0.497 e. The van der Waals surface area contributed by atoms with Gasteiger partial charge in [-0.05, 0) is 55.2 Å². The molecule has 134 valence electrons. The van der Waals surface area contributed by atoms with Gasteiger partial charge in [0, 0.05) is 18.8 Å². The number of ether oxygens (including phenoxy) is 1. The van der Waals surface area contributed by atoms with Crippen molar-refractivity contribution >= 4 is 17.5 Å². The first-order valence-corrected chi connectivity index (χ1v) is 9.06. The van der Waals surface area contributed by atoms with Crippen LogP contribution in [0.4, 0.5) is 5.69 Å². The third-order valence-corrected chi connectivity index (χ3v) is 5.20. The highest BCUT2D eigenvalue weighted by molar-refractivity contribution is 6.16. The molecule has 5 nitrogen and oxygen atoms in total. The molecule has 2 aromatic rings. The van der Waals surface area contributed by atoms with Crippen LogP contribution in [-0.4, -0.2) is 36.9 Å². The summed E-state index contributed by atoms with van der Waals surface area (Å²) in [5, 5.41) is 0. The van der Waals surface area contributed by atoms with E-state index in [2.05, 4.69) is 0 Å². The number of likely N-dealkylation sites (tertiary alicyclic amines) is 1. The molecule has 2 aromatic carbocycles. The molecule has 0 aromatic heterocycles. The number of hydrogen-bond donors (Lipinski definition) is 0. The van der Waals surface area contributed by atoms with Gasteiger partial charge in [-0.2, -0.15) is 0 Å². The lowest BCUT2D eigenvalue weighted by molar-refractivity contribution is 0.0720. The first kappa shape index (κ1) is 16.6. The van der Waals surface area contributed by atoms with Gasteiger partial charge in [-0.3, -0.25) is 9.59 Å². The molecule has 0 spiro atoms. The van der Waals surface area contributed by atoms with Gasteiger partial charge in [0.05, 0.1) is 24.8 Å². The van der Waals surface area contributed by atoms with Crippen molar-refractivity contribution in [3.8, 4) is 5.75 Å². The summed E-state index contributed by atoms with van der Waals surface area (Å²) in [6.07, 6.45) is 3.24. The van der Waals surface area contributed by atoms with Gasteiger partial charge in [-0.25, -0.2) is 0 Å². The van der Waals surface area contributed by atoms with Crippen molar-refractivity contribution in [2.24, 2.45) is 0 Å². The summed E-state index contributed by atoms with van der Waals surface area (Å²) in [5.41, 5.74) is 2.81. The quantitative estimate of drug-likeness (QED) is 0.851. The third kappa shape index (κ3) is 2.83. The standard InChI is InChI=1S/C21H22N2O3/c1-26-17-10-8-16(9-11-17)23-14-15-6-5-7-18(19(15)21(23)25)20(24)22-12-3-2-4-13-22/h5-11H,2-4,12-14H2,1H3. The molecule has 0 unspecified atom stereocenters. The fraction of sp³-hybridized carbons (Fsp3) is 0.333. The van der Waals surface area contributed by atoms with E-state index in [-0.39, 0.29) is 11.8 Å². The molecule has 0 atom stereocenters. The van der Waals surface area contributed by atoms with Crippen molar-refractivity contribution in [2.75, 3.05) is 25.1 Å². The summed E-state index contributed by atoms with van der Waals surface area (Å²) in [4.78, 5) is 29.7. The molecule has 0 aliphatic carbocycles. The maximum Gasteiger partial charge on any atom is 0.259 e. The Balaban J connectivity index is 1.64. The number of anilines is 1. The molecule has 5 heteroatoms. The average Bonchev–Trinajstić information content (AvgIpc) is 3.05. The number of fused-ring (bicyclic) bond motifs is 1. The lowest BCUT2D eigenvalue weighted by Gasteiger charge is -2.27. The van der Waals surface area contributed by atoms with Gasteiger partial charge in [0.15, 0.2) is 0 Å². The molecule has 2 aliphatic heterocycles. The zero-order valence-electron chi connectivity index (χ0n) is 14.9. The predicted molar refractivity (Wildman–Crippen MR) is 99.7 cm³/mol. The summed E-state index contributed by atoms with van der Waals surface area (Å²) < 4.78 is 5.18. The third-order valence-electron chi connectivity index (χ3n) is 5.20. The number of hydrogen-bond acceptors (Lipinski definition) is 3. The van der Waals surface area contributed by atoms with Gasteiger partial charge >= 0.3 is 0 Å². The van der Waals surface area contributed by atoms with Crippen molar-refractivity contribution in [3.63, 3.8) is 0 Å². The lowest BCUT2D eigenvalue weighted by Crippen LogP contribution is -2.36. The Bertz CT molecular complexity index is 839. The number of nitrogens with zero attached hydrogens (tertiary/aromatic N) is 2. The van der Waals surface area contributed by atoms with Crippen LogP contribution in [0.3, 0.4) is 0 Å². The molecular formula is C21H22N2O3. The van der Waals surface area contributed by atoms with Gasteiger partial charge in [-0.1, -0.05) is 12.1 Å². The van der Waals surface area contributed by atoms with E-state index in [9.17, 15) is 9.59 Å². The normalized spacial score (nSPS) is 16.6. The molecule has 2 heterocycles. The SMILES string of the molecule is COc1ccc(N2Cc3cccc(C(=O)N4CCCCC4)c3C2=O)cc1. The fourth-order valence-corrected chi connectivity index (χ4v) is 3.78. The van der Waals surface area contributed by atoms with Crippen LogP contribution in [0.25, 0.3) is 0 Å². The van der Waals surface area contributed by atoms with Crippen molar-refractivity contribution in [2.45, 2.75) is 25.8 Å². The van der Waals surface area contributed by atoms with Gasteiger partial charge in [0.1, 0.15) is 5.75 Å². The largest absolute Gasteiger partial charge is 0.497 e. The Morgan fingerprint density at radius 3 is 2.42 bits per heavy atom. The van der Waals surface area contributed by atoms with Crippen LogP contribution in [0.2, 0.25) is 0 Å². The minimum atomic E-state index is -0.105. The Morgan fingerprint density at radius 1 is 1.00 bits per heavy atom. The molecule has 0 saturated carbocycles. The van der Waals surface area contributed by atoms with Gasteiger partial charge in [0.25, 0.3) is 11.8 Å². The highest BCUT2D eigenvalue weighted by atomic mass is 16.5. The van der Waals surface area contributed by atoms with E-state index in [1.807, 2.05) is 41.3 Å². The maximum atomic E-state index is 13.1. The second-order valence-electron chi connectivity index (χ2n) is 6.78. The number of carbonyl (C=O) groups is 2. The highest BCUT2D eigenvalue weighted by Crippen LogP contribution is 2.32. The Labute approximate surface area is 153 Å². The zero-order chi connectivity index (χ0) is 18.1. The van der Waals surface area contributed by atoms with Crippen LogP contribution in [-0.2, 0) is 6.54 Å². The van der Waals surface area contributed by atoms with E-state index >= 15 is 0 Å². The highest BCUT2D eigenvalue weighted by Gasteiger charge is 2.34. The molecule has 0 radical (unpaired) electrons.